The molecular weight excluding hydrogens is 400 g/mol. The van der Waals surface area contributed by atoms with Gasteiger partial charge in [-0.3, -0.25) is 4.79 Å². The van der Waals surface area contributed by atoms with E-state index in [0.29, 0.717) is 17.2 Å². The highest BCUT2D eigenvalue weighted by Gasteiger charge is 2.21. The highest BCUT2D eigenvalue weighted by Crippen LogP contribution is 2.18. The van der Waals surface area contributed by atoms with Gasteiger partial charge in [0.25, 0.3) is 0 Å². The monoisotopic (exact) mass is 424 g/mol. The van der Waals surface area contributed by atoms with Crippen LogP contribution in [0.4, 0.5) is 0 Å². The standard InChI is InChI=1S/C20H25ClN2O4S/c1-3-16-8-10-18(11-9-16)27-13-12-22-20(24)15-23(28(2,25)26)14-17-6-4-5-7-19(17)21/h4-11H,3,12-15H2,1-2H3,(H,22,24). The first kappa shape index (κ1) is 22.2. The summed E-state index contributed by atoms with van der Waals surface area (Å²) in [6, 6.07) is 14.7. The second-order valence-corrected chi connectivity index (χ2v) is 8.71. The number of rotatable bonds is 10. The molecule has 8 heteroatoms. The number of nitrogens with one attached hydrogen (secondary N) is 1. The van der Waals surface area contributed by atoms with Crippen molar-refractivity contribution in [1.82, 2.24) is 9.62 Å². The smallest absolute Gasteiger partial charge is 0.235 e. The topological polar surface area (TPSA) is 75.7 Å². The summed E-state index contributed by atoms with van der Waals surface area (Å²) in [6.07, 6.45) is 2.03. The Labute approximate surface area is 171 Å². The lowest BCUT2D eigenvalue weighted by Crippen LogP contribution is -2.41. The van der Waals surface area contributed by atoms with E-state index in [2.05, 4.69) is 12.2 Å². The van der Waals surface area contributed by atoms with Crippen molar-refractivity contribution in [2.24, 2.45) is 0 Å². The summed E-state index contributed by atoms with van der Waals surface area (Å²) in [5.41, 5.74) is 1.86. The quantitative estimate of drug-likeness (QED) is 0.595. The van der Waals surface area contributed by atoms with Gasteiger partial charge in [-0.25, -0.2) is 8.42 Å². The summed E-state index contributed by atoms with van der Waals surface area (Å²) in [5.74, 6) is 0.324. The van der Waals surface area contributed by atoms with Crippen LogP contribution in [0.5, 0.6) is 5.75 Å². The van der Waals surface area contributed by atoms with Gasteiger partial charge in [-0.1, -0.05) is 48.9 Å². The van der Waals surface area contributed by atoms with Gasteiger partial charge in [0.05, 0.1) is 19.3 Å². The average molecular weight is 425 g/mol. The summed E-state index contributed by atoms with van der Waals surface area (Å²) < 4.78 is 30.7. The molecule has 0 bridgehead atoms. The second-order valence-electron chi connectivity index (χ2n) is 6.32. The Morgan fingerprint density at radius 3 is 2.43 bits per heavy atom. The third-order valence-electron chi connectivity index (χ3n) is 4.12. The van der Waals surface area contributed by atoms with Crippen LogP contribution < -0.4 is 10.1 Å². The van der Waals surface area contributed by atoms with E-state index in [1.165, 1.54) is 5.56 Å². The van der Waals surface area contributed by atoms with Crippen LogP contribution in [0.1, 0.15) is 18.1 Å². The van der Waals surface area contributed by atoms with Crippen molar-refractivity contribution in [3.8, 4) is 5.75 Å². The summed E-state index contributed by atoms with van der Waals surface area (Å²) >= 11 is 6.10. The Bertz CT molecular complexity index is 885. The number of amides is 1. The van der Waals surface area contributed by atoms with Crippen LogP contribution in [0.3, 0.4) is 0 Å². The van der Waals surface area contributed by atoms with Crippen molar-refractivity contribution in [1.29, 1.82) is 0 Å². The third kappa shape index (κ3) is 7.14. The molecule has 0 saturated heterocycles. The van der Waals surface area contributed by atoms with Crippen LogP contribution in [-0.4, -0.2) is 44.6 Å². The van der Waals surface area contributed by atoms with E-state index in [9.17, 15) is 13.2 Å². The molecule has 0 spiro atoms. The number of carbonyl (C=O) groups is 1. The molecular formula is C20H25ClN2O4S. The summed E-state index contributed by atoms with van der Waals surface area (Å²) in [4.78, 5) is 12.2. The molecule has 0 unspecified atom stereocenters. The normalized spacial score (nSPS) is 11.4. The number of ether oxygens (including phenoxy) is 1. The number of aryl methyl sites for hydroxylation is 1. The molecule has 0 heterocycles. The van der Waals surface area contributed by atoms with Crippen LogP contribution in [0.2, 0.25) is 5.02 Å². The van der Waals surface area contributed by atoms with Gasteiger partial charge >= 0.3 is 0 Å². The maximum atomic E-state index is 12.2. The molecule has 0 fully saturated rings. The minimum atomic E-state index is -3.57. The van der Waals surface area contributed by atoms with Crippen molar-refractivity contribution in [3.63, 3.8) is 0 Å². The minimum absolute atomic E-state index is 0.0339. The van der Waals surface area contributed by atoms with Crippen molar-refractivity contribution in [2.45, 2.75) is 19.9 Å². The number of carbonyl (C=O) groups excluding carboxylic acids is 1. The van der Waals surface area contributed by atoms with Gasteiger partial charge in [-0.15, -0.1) is 0 Å². The Morgan fingerprint density at radius 1 is 1.14 bits per heavy atom. The van der Waals surface area contributed by atoms with Crippen molar-refractivity contribution >= 4 is 27.5 Å². The SMILES string of the molecule is CCc1ccc(OCCNC(=O)CN(Cc2ccccc2Cl)S(C)(=O)=O)cc1. The number of hydrogen-bond acceptors (Lipinski definition) is 4. The van der Waals surface area contributed by atoms with Crippen molar-refractivity contribution < 1.29 is 17.9 Å². The zero-order valence-corrected chi connectivity index (χ0v) is 17.6. The first-order valence-corrected chi connectivity index (χ1v) is 11.2. The van der Waals surface area contributed by atoms with E-state index >= 15 is 0 Å². The molecule has 0 aliphatic rings. The number of halogens is 1. The van der Waals surface area contributed by atoms with Crippen molar-refractivity contribution in [2.75, 3.05) is 26.0 Å². The molecule has 2 aromatic rings. The minimum Gasteiger partial charge on any atom is -0.492 e. The lowest BCUT2D eigenvalue weighted by Gasteiger charge is -2.20. The summed E-state index contributed by atoms with van der Waals surface area (Å²) in [6.45, 7) is 2.40. The predicted octanol–water partition coefficient (Wildman–Crippen LogP) is 2.86. The van der Waals surface area contributed by atoms with E-state index in [0.717, 1.165) is 22.7 Å². The molecule has 28 heavy (non-hydrogen) atoms. The van der Waals surface area contributed by atoms with E-state index in [4.69, 9.17) is 16.3 Å². The molecule has 152 valence electrons. The number of hydrogen-bond donors (Lipinski definition) is 1. The third-order valence-corrected chi connectivity index (χ3v) is 5.68. The number of benzene rings is 2. The Balaban J connectivity index is 1.83. The average Bonchev–Trinajstić information content (AvgIpc) is 2.66. The van der Waals surface area contributed by atoms with Gasteiger partial charge in [-0.05, 0) is 35.7 Å². The fourth-order valence-corrected chi connectivity index (χ4v) is 3.42. The van der Waals surface area contributed by atoms with Gasteiger partial charge in [0.1, 0.15) is 12.4 Å². The maximum Gasteiger partial charge on any atom is 0.235 e. The fraction of sp³-hybridized carbons (Fsp3) is 0.350. The molecule has 0 saturated carbocycles. The molecule has 1 amide bonds. The predicted molar refractivity (Wildman–Crippen MR) is 111 cm³/mol. The zero-order valence-electron chi connectivity index (χ0n) is 16.0. The zero-order chi connectivity index (χ0) is 20.6. The second kappa shape index (κ2) is 10.5. The summed E-state index contributed by atoms with van der Waals surface area (Å²) in [7, 11) is -3.57. The molecule has 0 radical (unpaired) electrons. The van der Waals surface area contributed by atoms with Crippen molar-refractivity contribution in [3.05, 3.63) is 64.7 Å². The molecule has 0 atom stereocenters. The maximum absolute atomic E-state index is 12.2. The molecule has 6 nitrogen and oxygen atoms in total. The Morgan fingerprint density at radius 2 is 1.82 bits per heavy atom. The highest BCUT2D eigenvalue weighted by molar-refractivity contribution is 7.88. The Kier molecular flexibility index (Phi) is 8.29. The lowest BCUT2D eigenvalue weighted by molar-refractivity contribution is -0.121. The van der Waals surface area contributed by atoms with E-state index < -0.39 is 15.9 Å². The fourth-order valence-electron chi connectivity index (χ4n) is 2.50. The van der Waals surface area contributed by atoms with Crippen LogP contribution in [-0.2, 0) is 27.8 Å². The van der Waals surface area contributed by atoms with Crippen LogP contribution in [0.15, 0.2) is 48.5 Å². The van der Waals surface area contributed by atoms with E-state index in [1.807, 2.05) is 24.3 Å². The van der Waals surface area contributed by atoms with E-state index in [-0.39, 0.29) is 19.6 Å². The summed E-state index contributed by atoms with van der Waals surface area (Å²) in [5, 5.41) is 3.13. The van der Waals surface area contributed by atoms with E-state index in [1.54, 1.807) is 24.3 Å². The first-order chi connectivity index (χ1) is 13.3. The highest BCUT2D eigenvalue weighted by atomic mass is 35.5. The molecule has 0 aliphatic carbocycles. The molecule has 0 aliphatic heterocycles. The molecule has 0 aromatic heterocycles. The van der Waals surface area contributed by atoms with Gasteiger partial charge in [-0.2, -0.15) is 4.31 Å². The van der Waals surface area contributed by atoms with Crippen LogP contribution >= 0.6 is 11.6 Å². The number of nitrogens with zero attached hydrogens (tertiary/aromatic N) is 1. The largest absolute Gasteiger partial charge is 0.492 e. The Hall–Kier alpha value is -2.09. The lowest BCUT2D eigenvalue weighted by atomic mass is 10.2. The van der Waals surface area contributed by atoms with Gasteiger partial charge in [0.2, 0.25) is 15.9 Å². The van der Waals surface area contributed by atoms with Gasteiger partial charge in [0.15, 0.2) is 0 Å². The van der Waals surface area contributed by atoms with Crippen LogP contribution in [0, 0.1) is 0 Å². The van der Waals surface area contributed by atoms with Crippen LogP contribution in [0.25, 0.3) is 0 Å². The number of sulfonamides is 1. The van der Waals surface area contributed by atoms with Gasteiger partial charge < -0.3 is 10.1 Å². The van der Waals surface area contributed by atoms with Gasteiger partial charge in [0, 0.05) is 11.6 Å². The molecule has 2 rings (SSSR count). The molecule has 1 N–H and O–H groups in total. The first-order valence-electron chi connectivity index (χ1n) is 8.96. The molecule has 2 aromatic carbocycles.